The van der Waals surface area contributed by atoms with Crippen LogP contribution in [0.5, 0.6) is 0 Å². The highest BCUT2D eigenvalue weighted by Crippen LogP contribution is 2.48. The smallest absolute Gasteiger partial charge is 0.256 e. The molecule has 1 N–H and O–H groups in total. The molecule has 0 aromatic heterocycles. The summed E-state index contributed by atoms with van der Waals surface area (Å²) in [6.07, 6.45) is 1.81. The van der Waals surface area contributed by atoms with Crippen molar-refractivity contribution in [3.63, 3.8) is 0 Å². The second-order valence-corrected chi connectivity index (χ2v) is 8.05. The molecule has 2 aromatic rings. The highest BCUT2D eigenvalue weighted by atomic mass is 32.2. The average molecular weight is 366 g/mol. The first-order chi connectivity index (χ1) is 12.6. The van der Waals surface area contributed by atoms with Crippen LogP contribution < -0.4 is 5.32 Å². The number of nitrogens with zero attached hydrogens (tertiary/aromatic N) is 1. The number of carbonyl (C=O) groups excluding carboxylic acids is 2. The number of carbonyl (C=O) groups is 2. The van der Waals surface area contributed by atoms with Gasteiger partial charge in [0.05, 0.1) is 0 Å². The Morgan fingerprint density at radius 3 is 2.73 bits per heavy atom. The van der Waals surface area contributed by atoms with E-state index in [9.17, 15) is 9.59 Å². The van der Waals surface area contributed by atoms with Gasteiger partial charge >= 0.3 is 0 Å². The molecule has 1 fully saturated rings. The van der Waals surface area contributed by atoms with Crippen LogP contribution in [0.1, 0.15) is 40.2 Å². The van der Waals surface area contributed by atoms with Crippen LogP contribution in [0.2, 0.25) is 0 Å². The molecule has 26 heavy (non-hydrogen) atoms. The van der Waals surface area contributed by atoms with Crippen LogP contribution in [0.3, 0.4) is 0 Å². The van der Waals surface area contributed by atoms with Gasteiger partial charge in [-0.05, 0) is 37.0 Å². The molecule has 5 heteroatoms. The molecule has 2 heterocycles. The molecule has 2 amide bonds. The molecule has 134 valence electrons. The summed E-state index contributed by atoms with van der Waals surface area (Å²) in [5.41, 5.74) is 3.05. The van der Waals surface area contributed by atoms with Gasteiger partial charge < -0.3 is 10.2 Å². The van der Waals surface area contributed by atoms with Crippen LogP contribution in [0.25, 0.3) is 0 Å². The molecule has 3 atom stereocenters. The van der Waals surface area contributed by atoms with E-state index >= 15 is 0 Å². The minimum Gasteiger partial charge on any atom is -0.352 e. The Labute approximate surface area is 158 Å². The lowest BCUT2D eigenvalue weighted by atomic mass is 10.1. The Hall–Kier alpha value is -2.27. The van der Waals surface area contributed by atoms with Gasteiger partial charge in [0.15, 0.2) is 0 Å². The fourth-order valence-corrected chi connectivity index (χ4v) is 5.15. The van der Waals surface area contributed by atoms with Crippen LogP contribution in [0.15, 0.2) is 54.6 Å². The lowest BCUT2D eigenvalue weighted by Crippen LogP contribution is -2.48. The van der Waals surface area contributed by atoms with E-state index in [4.69, 9.17) is 0 Å². The topological polar surface area (TPSA) is 49.4 Å². The van der Waals surface area contributed by atoms with Crippen molar-refractivity contribution in [2.45, 2.75) is 37.2 Å². The summed E-state index contributed by atoms with van der Waals surface area (Å²) < 4.78 is 0. The second-order valence-electron chi connectivity index (χ2n) is 6.94. The number of aryl methyl sites for hydroxylation is 1. The number of amides is 2. The van der Waals surface area contributed by atoms with E-state index in [-0.39, 0.29) is 29.3 Å². The van der Waals surface area contributed by atoms with Gasteiger partial charge in [-0.15, -0.1) is 11.8 Å². The van der Waals surface area contributed by atoms with Gasteiger partial charge in [-0.25, -0.2) is 0 Å². The number of hydrogen-bond donors (Lipinski definition) is 1. The minimum atomic E-state index is -0.385. The molecule has 0 bridgehead atoms. The third-order valence-corrected chi connectivity index (χ3v) is 6.40. The molecule has 0 spiro atoms. The lowest BCUT2D eigenvalue weighted by molar-refractivity contribution is -0.125. The highest BCUT2D eigenvalue weighted by molar-refractivity contribution is 7.99. The summed E-state index contributed by atoms with van der Waals surface area (Å²) in [5, 5.41) is 3.09. The van der Waals surface area contributed by atoms with Crippen molar-refractivity contribution in [2.24, 2.45) is 0 Å². The Morgan fingerprint density at radius 2 is 1.92 bits per heavy atom. The van der Waals surface area contributed by atoms with Crippen molar-refractivity contribution < 1.29 is 9.59 Å². The number of nitrogens with one attached hydrogen (secondary N) is 1. The van der Waals surface area contributed by atoms with Gasteiger partial charge in [0, 0.05) is 17.4 Å². The fraction of sp³-hybridized carbons (Fsp3) is 0.333. The third kappa shape index (κ3) is 3.12. The van der Waals surface area contributed by atoms with Crippen molar-refractivity contribution in [3.05, 3.63) is 71.3 Å². The standard InChI is InChI=1S/C21H22N2O2S/c1-14(11-12-15-7-3-2-4-8-15)22-19(24)18-13-26-21-17-10-6-5-9-16(17)20(25)23(18)21/h2-10,14,18,21H,11-13H2,1H3,(H,22,24)/t14-,18-,21-/m0/s1. The second kappa shape index (κ2) is 7.16. The number of hydrogen-bond acceptors (Lipinski definition) is 3. The Kier molecular flexibility index (Phi) is 4.72. The van der Waals surface area contributed by atoms with E-state index in [0.717, 1.165) is 24.0 Å². The molecular formula is C21H22N2O2S. The maximum atomic E-state index is 12.8. The molecule has 0 aliphatic carbocycles. The Balaban J connectivity index is 1.38. The quantitative estimate of drug-likeness (QED) is 0.882. The molecule has 2 aromatic carbocycles. The number of rotatable bonds is 5. The van der Waals surface area contributed by atoms with Gasteiger partial charge in [0.1, 0.15) is 11.4 Å². The van der Waals surface area contributed by atoms with Crippen LogP contribution >= 0.6 is 11.8 Å². The highest BCUT2D eigenvalue weighted by Gasteiger charge is 2.48. The summed E-state index contributed by atoms with van der Waals surface area (Å²) in [6, 6.07) is 17.7. The number of thioether (sulfide) groups is 1. The first kappa shape index (κ1) is 17.2. The molecule has 4 nitrogen and oxygen atoms in total. The normalized spacial score (nSPS) is 22.0. The zero-order valence-electron chi connectivity index (χ0n) is 14.7. The van der Waals surface area contributed by atoms with E-state index in [1.54, 1.807) is 16.7 Å². The van der Waals surface area contributed by atoms with Gasteiger partial charge in [-0.2, -0.15) is 0 Å². The first-order valence-corrected chi connectivity index (χ1v) is 10.1. The van der Waals surface area contributed by atoms with E-state index in [1.807, 2.05) is 49.4 Å². The average Bonchev–Trinajstić information content (AvgIpc) is 3.22. The predicted molar refractivity (Wildman–Crippen MR) is 104 cm³/mol. The van der Waals surface area contributed by atoms with Gasteiger partial charge in [0.25, 0.3) is 5.91 Å². The molecule has 4 rings (SSSR count). The molecular weight excluding hydrogens is 344 g/mol. The minimum absolute atomic E-state index is 0.0194. The summed E-state index contributed by atoms with van der Waals surface area (Å²) >= 11 is 1.68. The van der Waals surface area contributed by atoms with Crippen molar-refractivity contribution in [3.8, 4) is 0 Å². The molecule has 0 radical (unpaired) electrons. The van der Waals surface area contributed by atoms with Gasteiger partial charge in [-0.1, -0.05) is 48.5 Å². The Bertz CT molecular complexity index is 824. The fourth-order valence-electron chi connectivity index (χ4n) is 3.68. The summed E-state index contributed by atoms with van der Waals surface area (Å²) in [6.45, 7) is 2.03. The van der Waals surface area contributed by atoms with Crippen molar-refractivity contribution in [1.29, 1.82) is 0 Å². The lowest BCUT2D eigenvalue weighted by Gasteiger charge is -2.24. The largest absolute Gasteiger partial charge is 0.352 e. The first-order valence-electron chi connectivity index (χ1n) is 9.02. The van der Waals surface area contributed by atoms with Crippen LogP contribution in [-0.4, -0.2) is 34.6 Å². The monoisotopic (exact) mass is 366 g/mol. The summed E-state index contributed by atoms with van der Waals surface area (Å²) in [7, 11) is 0. The Morgan fingerprint density at radius 1 is 1.19 bits per heavy atom. The van der Waals surface area contributed by atoms with Crippen molar-refractivity contribution in [1.82, 2.24) is 10.2 Å². The summed E-state index contributed by atoms with van der Waals surface area (Å²) in [4.78, 5) is 27.3. The van der Waals surface area contributed by atoms with E-state index in [1.165, 1.54) is 5.56 Å². The van der Waals surface area contributed by atoms with Gasteiger partial charge in [0.2, 0.25) is 5.91 Å². The maximum Gasteiger partial charge on any atom is 0.256 e. The predicted octanol–water partition coefficient (Wildman–Crippen LogP) is 3.39. The SMILES string of the molecule is C[C@@H](CCc1ccccc1)NC(=O)[C@@H]1CS[C@H]2c3ccccc3C(=O)N12. The van der Waals surface area contributed by atoms with Crippen molar-refractivity contribution in [2.75, 3.05) is 5.75 Å². The number of fused-ring (bicyclic) bond motifs is 3. The van der Waals surface area contributed by atoms with Crippen LogP contribution in [0.4, 0.5) is 0 Å². The maximum absolute atomic E-state index is 12.8. The van der Waals surface area contributed by atoms with Crippen molar-refractivity contribution >= 4 is 23.6 Å². The molecule has 2 aliphatic rings. The van der Waals surface area contributed by atoms with Crippen LogP contribution in [0, 0.1) is 0 Å². The van der Waals surface area contributed by atoms with E-state index in [2.05, 4.69) is 17.4 Å². The number of benzene rings is 2. The zero-order chi connectivity index (χ0) is 18.1. The third-order valence-electron chi connectivity index (χ3n) is 5.09. The molecule has 1 saturated heterocycles. The summed E-state index contributed by atoms with van der Waals surface area (Å²) in [5.74, 6) is 0.594. The zero-order valence-corrected chi connectivity index (χ0v) is 15.5. The van der Waals surface area contributed by atoms with Gasteiger partial charge in [-0.3, -0.25) is 9.59 Å². The van der Waals surface area contributed by atoms with Crippen LogP contribution in [-0.2, 0) is 11.2 Å². The molecule has 2 aliphatic heterocycles. The van der Waals surface area contributed by atoms with E-state index < -0.39 is 0 Å². The van der Waals surface area contributed by atoms with E-state index in [0.29, 0.717) is 5.75 Å². The molecule has 0 saturated carbocycles. The molecule has 0 unspecified atom stereocenters.